The Hall–Kier alpha value is -0.810. The van der Waals surface area contributed by atoms with Crippen molar-refractivity contribution in [2.45, 2.75) is 50.5 Å². The molecule has 2 N–H and O–H groups in total. The monoisotopic (exact) mass is 256 g/mol. The fourth-order valence-corrected chi connectivity index (χ4v) is 3.46. The van der Waals surface area contributed by atoms with Crippen molar-refractivity contribution in [1.82, 2.24) is 4.57 Å². The normalized spacial score (nSPS) is 18.5. The molecule has 2 rings (SSSR count). The highest BCUT2D eigenvalue weighted by atomic mass is 32.2. The van der Waals surface area contributed by atoms with Gasteiger partial charge >= 0.3 is 0 Å². The van der Waals surface area contributed by atoms with Crippen LogP contribution < -0.4 is 5.14 Å². The van der Waals surface area contributed by atoms with Crippen LogP contribution in [0, 0.1) is 12.8 Å². The van der Waals surface area contributed by atoms with Crippen molar-refractivity contribution in [2.75, 3.05) is 0 Å². The number of sulfonamides is 1. The van der Waals surface area contributed by atoms with Crippen LogP contribution in [-0.4, -0.2) is 13.0 Å². The van der Waals surface area contributed by atoms with Crippen LogP contribution >= 0.6 is 0 Å². The molecule has 0 bridgehead atoms. The Bertz CT molecular complexity index is 485. The molecule has 1 saturated carbocycles. The Balaban J connectivity index is 2.14. The van der Waals surface area contributed by atoms with Gasteiger partial charge in [0.05, 0.1) is 0 Å². The third kappa shape index (κ3) is 2.90. The van der Waals surface area contributed by atoms with Crippen molar-refractivity contribution in [3.63, 3.8) is 0 Å². The van der Waals surface area contributed by atoms with E-state index in [4.69, 9.17) is 5.14 Å². The lowest BCUT2D eigenvalue weighted by molar-refractivity contribution is 0.317. The van der Waals surface area contributed by atoms with Crippen LogP contribution in [0.2, 0.25) is 0 Å². The van der Waals surface area contributed by atoms with Gasteiger partial charge in [0.25, 0.3) is 0 Å². The third-order valence-electron chi connectivity index (χ3n) is 3.68. The largest absolute Gasteiger partial charge is 0.350 e. The van der Waals surface area contributed by atoms with E-state index >= 15 is 0 Å². The molecule has 1 aliphatic carbocycles. The van der Waals surface area contributed by atoms with Crippen molar-refractivity contribution in [1.29, 1.82) is 0 Å². The van der Waals surface area contributed by atoms with Crippen molar-refractivity contribution >= 4 is 10.0 Å². The lowest BCUT2D eigenvalue weighted by Gasteiger charge is -2.22. The number of rotatable bonds is 3. The van der Waals surface area contributed by atoms with Crippen molar-refractivity contribution in [3.05, 3.63) is 18.0 Å². The molecule has 0 amide bonds. The molecule has 17 heavy (non-hydrogen) atoms. The second kappa shape index (κ2) is 4.82. The summed E-state index contributed by atoms with van der Waals surface area (Å²) in [4.78, 5) is 0.258. The Labute approximate surface area is 103 Å². The standard InChI is InChI=1S/C12H20N2O2S/c1-10-12(17(13,15)16)7-8-14(10)9-11-5-3-2-4-6-11/h7-8,11H,2-6,9H2,1H3,(H2,13,15,16). The summed E-state index contributed by atoms with van der Waals surface area (Å²) in [5, 5.41) is 5.16. The highest BCUT2D eigenvalue weighted by molar-refractivity contribution is 7.89. The third-order valence-corrected chi connectivity index (χ3v) is 4.72. The van der Waals surface area contributed by atoms with E-state index in [0.717, 1.165) is 12.2 Å². The molecule has 0 atom stereocenters. The van der Waals surface area contributed by atoms with E-state index in [2.05, 4.69) is 0 Å². The number of hydrogen-bond acceptors (Lipinski definition) is 2. The minimum atomic E-state index is -3.57. The SMILES string of the molecule is Cc1c(S(N)(=O)=O)ccn1CC1CCCCC1. The summed E-state index contributed by atoms with van der Waals surface area (Å²) in [5.74, 6) is 0.683. The zero-order valence-corrected chi connectivity index (χ0v) is 11.0. The summed E-state index contributed by atoms with van der Waals surface area (Å²) in [7, 11) is -3.57. The molecular weight excluding hydrogens is 236 g/mol. The maximum absolute atomic E-state index is 11.3. The minimum absolute atomic E-state index is 0.258. The van der Waals surface area contributed by atoms with Crippen LogP contribution in [0.15, 0.2) is 17.2 Å². The first kappa shape index (κ1) is 12.6. The van der Waals surface area contributed by atoms with Gasteiger partial charge in [0.2, 0.25) is 10.0 Å². The van der Waals surface area contributed by atoms with Gasteiger partial charge in [-0.1, -0.05) is 19.3 Å². The minimum Gasteiger partial charge on any atom is -0.350 e. The van der Waals surface area contributed by atoms with Crippen molar-refractivity contribution < 1.29 is 8.42 Å². The van der Waals surface area contributed by atoms with Crippen LogP contribution in [-0.2, 0) is 16.6 Å². The van der Waals surface area contributed by atoms with Crippen molar-refractivity contribution in [2.24, 2.45) is 11.1 Å². The fraction of sp³-hybridized carbons (Fsp3) is 0.667. The molecule has 96 valence electrons. The van der Waals surface area contributed by atoms with E-state index in [9.17, 15) is 8.42 Å². The molecule has 1 heterocycles. The Morgan fingerprint density at radius 2 is 2.00 bits per heavy atom. The Morgan fingerprint density at radius 3 is 2.53 bits per heavy atom. The summed E-state index contributed by atoms with van der Waals surface area (Å²) in [6.45, 7) is 2.74. The summed E-state index contributed by atoms with van der Waals surface area (Å²) < 4.78 is 24.7. The van der Waals surface area contributed by atoms with Gasteiger partial charge in [0, 0.05) is 18.4 Å². The maximum Gasteiger partial charge on any atom is 0.239 e. The van der Waals surface area contributed by atoms with Crippen molar-refractivity contribution in [3.8, 4) is 0 Å². The topological polar surface area (TPSA) is 65.1 Å². The van der Waals surface area contributed by atoms with Gasteiger partial charge in [-0.2, -0.15) is 0 Å². The van der Waals surface area contributed by atoms with Crippen LogP contribution in [0.5, 0.6) is 0 Å². The van der Waals surface area contributed by atoms with Gasteiger partial charge in [-0.15, -0.1) is 0 Å². The average Bonchev–Trinajstić information content (AvgIpc) is 2.61. The summed E-state index contributed by atoms with van der Waals surface area (Å²) in [6, 6.07) is 1.60. The second-order valence-electron chi connectivity index (χ2n) is 4.97. The zero-order valence-electron chi connectivity index (χ0n) is 10.2. The van der Waals surface area contributed by atoms with Gasteiger partial charge in [0.15, 0.2) is 0 Å². The van der Waals surface area contributed by atoms with Crippen LogP contribution in [0.1, 0.15) is 37.8 Å². The maximum atomic E-state index is 11.3. The molecule has 4 nitrogen and oxygen atoms in total. The van der Waals surface area contributed by atoms with E-state index in [1.807, 2.05) is 17.7 Å². The molecule has 0 aromatic carbocycles. The molecule has 1 aromatic heterocycles. The highest BCUT2D eigenvalue weighted by Crippen LogP contribution is 2.26. The zero-order chi connectivity index (χ0) is 12.5. The number of aromatic nitrogens is 1. The quantitative estimate of drug-likeness (QED) is 0.899. The smallest absolute Gasteiger partial charge is 0.239 e. The summed E-state index contributed by atoms with van der Waals surface area (Å²) in [6.07, 6.45) is 8.28. The molecule has 0 unspecified atom stereocenters. The van der Waals surface area contributed by atoms with Crippen LogP contribution in [0.4, 0.5) is 0 Å². The number of primary sulfonamides is 1. The van der Waals surface area contributed by atoms with Crippen LogP contribution in [0.25, 0.3) is 0 Å². The Morgan fingerprint density at radius 1 is 1.35 bits per heavy atom. The first-order chi connectivity index (χ1) is 7.98. The fourth-order valence-electron chi connectivity index (χ4n) is 2.68. The molecule has 0 spiro atoms. The van der Waals surface area contributed by atoms with E-state index < -0.39 is 10.0 Å². The molecule has 0 radical (unpaired) electrons. The first-order valence-corrected chi connectivity index (χ1v) is 7.71. The first-order valence-electron chi connectivity index (χ1n) is 6.17. The number of nitrogens with two attached hydrogens (primary N) is 1. The Kier molecular flexibility index (Phi) is 3.58. The predicted molar refractivity (Wildman–Crippen MR) is 67.1 cm³/mol. The predicted octanol–water partition coefficient (Wildman–Crippen LogP) is 2.02. The van der Waals surface area contributed by atoms with E-state index in [1.165, 1.54) is 32.1 Å². The van der Waals surface area contributed by atoms with Gasteiger partial charge in [-0.25, -0.2) is 13.6 Å². The van der Waals surface area contributed by atoms with E-state index in [0.29, 0.717) is 5.92 Å². The van der Waals surface area contributed by atoms with E-state index in [-0.39, 0.29) is 4.90 Å². The number of nitrogens with zero attached hydrogens (tertiary/aromatic N) is 1. The molecule has 1 aliphatic rings. The molecular formula is C12H20N2O2S. The second-order valence-corrected chi connectivity index (χ2v) is 6.50. The molecule has 0 aliphatic heterocycles. The molecule has 0 saturated heterocycles. The van der Waals surface area contributed by atoms with Gasteiger partial charge in [0.1, 0.15) is 4.90 Å². The summed E-state index contributed by atoms with van der Waals surface area (Å²) >= 11 is 0. The van der Waals surface area contributed by atoms with Gasteiger partial charge < -0.3 is 4.57 Å². The van der Waals surface area contributed by atoms with Crippen LogP contribution in [0.3, 0.4) is 0 Å². The van der Waals surface area contributed by atoms with Gasteiger partial charge in [-0.3, -0.25) is 0 Å². The average molecular weight is 256 g/mol. The lowest BCUT2D eigenvalue weighted by atomic mass is 9.89. The van der Waals surface area contributed by atoms with Gasteiger partial charge in [-0.05, 0) is 31.7 Å². The number of hydrogen-bond donors (Lipinski definition) is 1. The van der Waals surface area contributed by atoms with E-state index in [1.54, 1.807) is 6.07 Å². The molecule has 5 heteroatoms. The summed E-state index contributed by atoms with van der Waals surface area (Å²) in [5.41, 5.74) is 0.762. The molecule has 1 aromatic rings. The molecule has 1 fully saturated rings. The highest BCUT2D eigenvalue weighted by Gasteiger charge is 2.18. The lowest BCUT2D eigenvalue weighted by Crippen LogP contribution is -2.16.